The first-order valence-electron chi connectivity index (χ1n) is 9.52. The molecule has 0 saturated heterocycles. The lowest BCUT2D eigenvalue weighted by molar-refractivity contribution is 0.466. The molecular weight excluding hydrogens is 339 g/mol. The van der Waals surface area contributed by atoms with Crippen molar-refractivity contribution in [3.8, 4) is 22.6 Å². The summed E-state index contributed by atoms with van der Waals surface area (Å²) in [5, 5.41) is 11.2. The number of hydrogen-bond acceptors (Lipinski definition) is 2. The highest BCUT2D eigenvalue weighted by atomic mass is 31.0. The maximum Gasteiger partial charge on any atom is 0.134 e. The Labute approximate surface area is 161 Å². The van der Waals surface area contributed by atoms with Crippen molar-refractivity contribution in [2.45, 2.75) is 73.6 Å². The Bertz CT molecular complexity index is 820. The van der Waals surface area contributed by atoms with E-state index in [9.17, 15) is 5.11 Å². The topological polar surface area (TPSA) is 29.5 Å². The molecule has 2 aromatic rings. The van der Waals surface area contributed by atoms with Crippen LogP contribution >= 0.6 is 9.47 Å². The average molecular weight is 372 g/mol. The molecule has 0 aliphatic heterocycles. The lowest BCUT2D eigenvalue weighted by atomic mass is 9.83. The van der Waals surface area contributed by atoms with Crippen LogP contribution in [-0.4, -0.2) is 5.11 Å². The van der Waals surface area contributed by atoms with Gasteiger partial charge in [-0.05, 0) is 72.4 Å². The van der Waals surface area contributed by atoms with E-state index in [0.29, 0.717) is 11.7 Å². The van der Waals surface area contributed by atoms with Gasteiger partial charge in [0, 0.05) is 11.1 Å². The molecule has 1 N–H and O–H groups in total. The predicted molar refractivity (Wildman–Crippen MR) is 116 cm³/mol. The van der Waals surface area contributed by atoms with Gasteiger partial charge in [0.25, 0.3) is 0 Å². The minimum Gasteiger partial charge on any atom is -0.507 e. The molecule has 0 amide bonds. The van der Waals surface area contributed by atoms with Crippen molar-refractivity contribution in [2.75, 3.05) is 0 Å². The molecule has 26 heavy (non-hydrogen) atoms. The molecule has 0 aromatic heterocycles. The second-order valence-corrected chi connectivity index (χ2v) is 8.11. The fraction of sp³-hybridized carbons (Fsp3) is 0.478. The van der Waals surface area contributed by atoms with Gasteiger partial charge in [-0.25, -0.2) is 0 Å². The summed E-state index contributed by atoms with van der Waals surface area (Å²) in [5.74, 6) is 1.85. The third-order valence-electron chi connectivity index (χ3n) is 5.45. The summed E-state index contributed by atoms with van der Waals surface area (Å²) in [6.07, 6.45) is 0.893. The van der Waals surface area contributed by atoms with Crippen molar-refractivity contribution in [1.82, 2.24) is 0 Å². The van der Waals surface area contributed by atoms with Crippen LogP contribution in [0.5, 0.6) is 11.5 Å². The summed E-state index contributed by atoms with van der Waals surface area (Å²) in [6.45, 7) is 17.1. The maximum absolute atomic E-state index is 11.2. The van der Waals surface area contributed by atoms with E-state index in [1.54, 1.807) is 0 Å². The molecule has 3 heteroatoms. The normalized spacial score (nSPS) is 11.5. The molecule has 0 aliphatic rings. The highest BCUT2D eigenvalue weighted by molar-refractivity contribution is 7.10. The van der Waals surface area contributed by atoms with Gasteiger partial charge in [0.2, 0.25) is 0 Å². The van der Waals surface area contributed by atoms with Crippen LogP contribution in [0.15, 0.2) is 12.1 Å². The standard InChI is InChI=1S/C23H33O2P/c1-9-17-15(7)11-19(13(4)5)23(25-26)21(17)20-16(8)14(6)10-18(12(2)3)22(20)24/h10-13,24H,9,26H2,1-8H3. The number of rotatable bonds is 5. The molecule has 1 atom stereocenters. The van der Waals surface area contributed by atoms with Crippen LogP contribution < -0.4 is 4.52 Å². The summed E-state index contributed by atoms with van der Waals surface area (Å²) < 4.78 is 5.85. The Morgan fingerprint density at radius 3 is 1.92 bits per heavy atom. The van der Waals surface area contributed by atoms with Gasteiger partial charge in [-0.15, -0.1) is 0 Å². The first-order chi connectivity index (χ1) is 12.1. The molecular formula is C23H33O2P. The fourth-order valence-corrected chi connectivity index (χ4v) is 4.07. The minimum atomic E-state index is 0.257. The Morgan fingerprint density at radius 2 is 1.46 bits per heavy atom. The number of aryl methyl sites for hydroxylation is 2. The second kappa shape index (κ2) is 8.01. The third-order valence-corrected chi connectivity index (χ3v) is 5.69. The van der Waals surface area contributed by atoms with Crippen LogP contribution in [0.2, 0.25) is 0 Å². The Morgan fingerprint density at radius 1 is 0.923 bits per heavy atom. The number of phenolic OH excluding ortho intramolecular Hbond substituents is 1. The molecule has 0 saturated carbocycles. The van der Waals surface area contributed by atoms with E-state index in [0.717, 1.165) is 34.4 Å². The highest BCUT2D eigenvalue weighted by Gasteiger charge is 2.25. The number of hydrogen-bond donors (Lipinski definition) is 1. The maximum atomic E-state index is 11.2. The number of benzene rings is 2. The molecule has 2 aromatic carbocycles. The van der Waals surface area contributed by atoms with Crippen LogP contribution in [0, 0.1) is 20.8 Å². The Hall–Kier alpha value is -1.53. The Kier molecular flexibility index (Phi) is 6.40. The van der Waals surface area contributed by atoms with Crippen LogP contribution in [0.1, 0.15) is 79.8 Å². The third kappa shape index (κ3) is 3.49. The van der Waals surface area contributed by atoms with E-state index < -0.39 is 0 Å². The van der Waals surface area contributed by atoms with Gasteiger partial charge in [0.15, 0.2) is 0 Å². The first-order valence-corrected chi connectivity index (χ1v) is 9.99. The molecule has 0 aliphatic carbocycles. The molecule has 0 heterocycles. The molecule has 1 unspecified atom stereocenters. The first kappa shape index (κ1) is 20.8. The van der Waals surface area contributed by atoms with Crippen molar-refractivity contribution < 1.29 is 9.63 Å². The van der Waals surface area contributed by atoms with Crippen LogP contribution in [0.25, 0.3) is 11.1 Å². The van der Waals surface area contributed by atoms with Crippen LogP contribution in [-0.2, 0) is 6.42 Å². The quantitative estimate of drug-likeness (QED) is 0.575. The van der Waals surface area contributed by atoms with Gasteiger partial charge in [0.05, 0.1) is 9.47 Å². The van der Waals surface area contributed by atoms with Crippen molar-refractivity contribution in [2.24, 2.45) is 0 Å². The van der Waals surface area contributed by atoms with Crippen molar-refractivity contribution >= 4 is 9.47 Å². The monoisotopic (exact) mass is 372 g/mol. The zero-order chi connectivity index (χ0) is 19.8. The van der Waals surface area contributed by atoms with E-state index in [1.165, 1.54) is 22.3 Å². The lowest BCUT2D eigenvalue weighted by Crippen LogP contribution is -2.04. The average Bonchev–Trinajstić information content (AvgIpc) is 2.57. The van der Waals surface area contributed by atoms with Gasteiger partial charge in [-0.2, -0.15) is 0 Å². The molecule has 2 rings (SSSR count). The molecule has 0 spiro atoms. The predicted octanol–water partition coefficient (Wildman–Crippen LogP) is 6.96. The molecule has 0 radical (unpaired) electrons. The van der Waals surface area contributed by atoms with Crippen molar-refractivity contribution in [1.29, 1.82) is 0 Å². The van der Waals surface area contributed by atoms with E-state index in [-0.39, 0.29) is 5.92 Å². The smallest absolute Gasteiger partial charge is 0.134 e. The van der Waals surface area contributed by atoms with E-state index >= 15 is 0 Å². The summed E-state index contributed by atoms with van der Waals surface area (Å²) in [4.78, 5) is 0. The van der Waals surface area contributed by atoms with Crippen LogP contribution in [0.4, 0.5) is 0 Å². The SMILES string of the molecule is CCc1c(C)cc(C(C)C)c(OP)c1-c1c(C)c(C)cc(C(C)C)c1O. The van der Waals surface area contributed by atoms with Gasteiger partial charge >= 0.3 is 0 Å². The van der Waals surface area contributed by atoms with Gasteiger partial charge in [0.1, 0.15) is 11.5 Å². The second-order valence-electron chi connectivity index (χ2n) is 7.88. The van der Waals surface area contributed by atoms with Crippen molar-refractivity contribution in [3.05, 3.63) is 45.5 Å². The lowest BCUT2D eigenvalue weighted by Gasteiger charge is -2.25. The highest BCUT2D eigenvalue weighted by Crippen LogP contribution is 2.49. The fourth-order valence-electron chi connectivity index (χ4n) is 3.82. The van der Waals surface area contributed by atoms with E-state index in [2.05, 4.69) is 77.0 Å². The van der Waals surface area contributed by atoms with Crippen LogP contribution in [0.3, 0.4) is 0 Å². The number of phenols is 1. The van der Waals surface area contributed by atoms with Crippen molar-refractivity contribution in [3.63, 3.8) is 0 Å². The summed E-state index contributed by atoms with van der Waals surface area (Å²) in [5.41, 5.74) is 8.95. The molecule has 0 fully saturated rings. The molecule has 142 valence electrons. The van der Waals surface area contributed by atoms with Gasteiger partial charge in [-0.1, -0.05) is 46.8 Å². The largest absolute Gasteiger partial charge is 0.507 e. The molecule has 0 bridgehead atoms. The summed E-state index contributed by atoms with van der Waals surface area (Å²) in [6, 6.07) is 4.35. The number of aromatic hydroxyl groups is 1. The zero-order valence-electron chi connectivity index (χ0n) is 17.4. The summed E-state index contributed by atoms with van der Waals surface area (Å²) in [7, 11) is 2.41. The molecule has 2 nitrogen and oxygen atoms in total. The minimum absolute atomic E-state index is 0.257. The zero-order valence-corrected chi connectivity index (χ0v) is 18.6. The van der Waals surface area contributed by atoms with E-state index in [1.807, 2.05) is 0 Å². The van der Waals surface area contributed by atoms with Gasteiger partial charge < -0.3 is 9.63 Å². The van der Waals surface area contributed by atoms with Gasteiger partial charge in [-0.3, -0.25) is 0 Å². The van der Waals surface area contributed by atoms with E-state index in [4.69, 9.17) is 4.52 Å². The Balaban J connectivity index is 3.05. The summed E-state index contributed by atoms with van der Waals surface area (Å²) >= 11 is 0.